The molecular weight excluding hydrogens is 306 g/mol. The summed E-state index contributed by atoms with van der Waals surface area (Å²) in [4.78, 5) is 16.8. The quantitative estimate of drug-likeness (QED) is 0.738. The number of fused-ring (bicyclic) bond motifs is 1. The van der Waals surface area contributed by atoms with Crippen molar-refractivity contribution in [3.05, 3.63) is 46.6 Å². The van der Waals surface area contributed by atoms with E-state index in [0.717, 1.165) is 18.7 Å². The lowest BCUT2D eigenvalue weighted by Gasteiger charge is -2.29. The van der Waals surface area contributed by atoms with E-state index < -0.39 is 0 Å². The molecule has 2 unspecified atom stereocenters. The Balaban J connectivity index is 1.56. The van der Waals surface area contributed by atoms with E-state index >= 15 is 0 Å². The summed E-state index contributed by atoms with van der Waals surface area (Å²) in [6, 6.07) is 5.45. The van der Waals surface area contributed by atoms with Gasteiger partial charge in [0, 0.05) is 12.1 Å². The molecular formula is C17H21N5O2. The van der Waals surface area contributed by atoms with Crippen molar-refractivity contribution in [2.45, 2.75) is 45.6 Å². The van der Waals surface area contributed by atoms with Crippen LogP contribution in [0.2, 0.25) is 0 Å². The summed E-state index contributed by atoms with van der Waals surface area (Å²) >= 11 is 0. The summed E-state index contributed by atoms with van der Waals surface area (Å²) in [5.41, 5.74) is 0.405. The van der Waals surface area contributed by atoms with Gasteiger partial charge in [-0.1, -0.05) is 25.1 Å². The van der Waals surface area contributed by atoms with Crippen LogP contribution in [-0.2, 0) is 6.54 Å². The summed E-state index contributed by atoms with van der Waals surface area (Å²) in [6.45, 7) is 4.76. The van der Waals surface area contributed by atoms with Crippen LogP contribution < -0.4 is 5.69 Å². The second-order valence-electron chi connectivity index (χ2n) is 7.03. The largest absolute Gasteiger partial charge is 0.350 e. The molecule has 7 nitrogen and oxygen atoms in total. The first-order valence-corrected chi connectivity index (χ1v) is 8.47. The molecule has 126 valence electrons. The van der Waals surface area contributed by atoms with Crippen molar-refractivity contribution >= 4 is 5.65 Å². The molecule has 0 N–H and O–H groups in total. The Morgan fingerprint density at radius 2 is 2.00 bits per heavy atom. The first-order valence-electron chi connectivity index (χ1n) is 8.47. The smallest absolute Gasteiger partial charge is 0.337 e. The molecule has 7 heteroatoms. The van der Waals surface area contributed by atoms with Gasteiger partial charge in [-0.2, -0.15) is 4.98 Å². The van der Waals surface area contributed by atoms with Crippen molar-refractivity contribution in [1.82, 2.24) is 24.3 Å². The monoisotopic (exact) mass is 327 g/mol. The second-order valence-corrected chi connectivity index (χ2v) is 7.03. The van der Waals surface area contributed by atoms with Crippen molar-refractivity contribution in [3.63, 3.8) is 0 Å². The van der Waals surface area contributed by atoms with E-state index in [1.165, 1.54) is 15.5 Å². The van der Waals surface area contributed by atoms with Gasteiger partial charge in [0.1, 0.15) is 6.54 Å². The lowest BCUT2D eigenvalue weighted by molar-refractivity contribution is 0.257. The van der Waals surface area contributed by atoms with E-state index in [1.807, 2.05) is 6.07 Å². The highest BCUT2D eigenvalue weighted by atomic mass is 16.5. The molecule has 0 aromatic carbocycles. The van der Waals surface area contributed by atoms with Gasteiger partial charge in [-0.3, -0.25) is 4.40 Å². The zero-order chi connectivity index (χ0) is 16.7. The predicted molar refractivity (Wildman–Crippen MR) is 87.8 cm³/mol. The van der Waals surface area contributed by atoms with Crippen molar-refractivity contribution < 1.29 is 4.52 Å². The molecule has 0 radical (unpaired) electrons. The molecule has 1 saturated carbocycles. The normalized spacial score (nSPS) is 24.5. The first-order chi connectivity index (χ1) is 11.6. The third-order valence-electron chi connectivity index (χ3n) is 4.80. The zero-order valence-electron chi connectivity index (χ0n) is 13.9. The zero-order valence-corrected chi connectivity index (χ0v) is 13.9. The van der Waals surface area contributed by atoms with Gasteiger partial charge in [-0.05, 0) is 43.2 Å². The van der Waals surface area contributed by atoms with E-state index in [1.54, 1.807) is 18.3 Å². The summed E-state index contributed by atoms with van der Waals surface area (Å²) in [6.07, 6.45) is 5.15. The minimum atomic E-state index is -0.203. The Hall–Kier alpha value is -2.44. The summed E-state index contributed by atoms with van der Waals surface area (Å²) in [5.74, 6) is 2.91. The Morgan fingerprint density at radius 1 is 1.21 bits per heavy atom. The first kappa shape index (κ1) is 15.1. The van der Waals surface area contributed by atoms with Crippen LogP contribution in [0.1, 0.15) is 50.7 Å². The van der Waals surface area contributed by atoms with Gasteiger partial charge in [-0.15, -0.1) is 5.10 Å². The van der Waals surface area contributed by atoms with E-state index in [0.29, 0.717) is 29.3 Å². The van der Waals surface area contributed by atoms with Gasteiger partial charge < -0.3 is 4.52 Å². The van der Waals surface area contributed by atoms with E-state index in [9.17, 15) is 4.79 Å². The van der Waals surface area contributed by atoms with Gasteiger partial charge >= 0.3 is 5.69 Å². The molecule has 4 rings (SSSR count). The molecule has 3 aromatic heterocycles. The van der Waals surface area contributed by atoms with Crippen LogP contribution in [0, 0.1) is 11.8 Å². The lowest BCUT2D eigenvalue weighted by Crippen LogP contribution is -2.22. The molecule has 24 heavy (non-hydrogen) atoms. The molecule has 0 spiro atoms. The summed E-state index contributed by atoms with van der Waals surface area (Å²) < 4.78 is 8.23. The molecule has 1 aliphatic rings. The maximum Gasteiger partial charge on any atom is 0.350 e. The molecule has 0 bridgehead atoms. The number of rotatable bonds is 3. The average Bonchev–Trinajstić information content (AvgIpc) is 3.13. The minimum absolute atomic E-state index is 0.200. The van der Waals surface area contributed by atoms with E-state index in [2.05, 4.69) is 29.1 Å². The van der Waals surface area contributed by atoms with Crippen molar-refractivity contribution in [2.75, 3.05) is 0 Å². The van der Waals surface area contributed by atoms with Crippen molar-refractivity contribution in [3.8, 4) is 0 Å². The van der Waals surface area contributed by atoms with Gasteiger partial charge in [0.15, 0.2) is 11.5 Å². The third kappa shape index (κ3) is 2.74. The van der Waals surface area contributed by atoms with Crippen LogP contribution in [0.25, 0.3) is 5.65 Å². The topological polar surface area (TPSA) is 78.2 Å². The standard InChI is InChI=1S/C17H21N5O2/c1-11-7-12(2)9-13(8-11)16-18-15(24-20-16)10-22-17(23)21-6-4-3-5-14(21)19-22/h3-6,11-13H,7-10H2,1-2H3. The number of nitrogens with zero attached hydrogens (tertiary/aromatic N) is 5. The summed E-state index contributed by atoms with van der Waals surface area (Å²) in [7, 11) is 0. The van der Waals surface area contributed by atoms with Crippen molar-refractivity contribution in [1.29, 1.82) is 0 Å². The SMILES string of the molecule is CC1CC(C)CC(c2noc(Cn3nc4ccccn4c3=O)n2)C1. The van der Waals surface area contributed by atoms with Gasteiger partial charge in [0.2, 0.25) is 5.89 Å². The molecule has 3 heterocycles. The number of pyridine rings is 1. The van der Waals surface area contributed by atoms with Crippen LogP contribution in [0.5, 0.6) is 0 Å². The van der Waals surface area contributed by atoms with Crippen LogP contribution >= 0.6 is 0 Å². The van der Waals surface area contributed by atoms with Crippen LogP contribution in [0.3, 0.4) is 0 Å². The molecule has 3 aromatic rings. The Bertz CT molecular complexity index is 899. The molecule has 1 fully saturated rings. The van der Waals surface area contributed by atoms with Gasteiger partial charge in [-0.25, -0.2) is 9.48 Å². The van der Waals surface area contributed by atoms with Crippen molar-refractivity contribution in [2.24, 2.45) is 11.8 Å². The number of aromatic nitrogens is 5. The number of hydrogen-bond acceptors (Lipinski definition) is 5. The highest BCUT2D eigenvalue weighted by molar-refractivity contribution is 5.35. The third-order valence-corrected chi connectivity index (χ3v) is 4.80. The molecule has 0 aliphatic heterocycles. The fourth-order valence-electron chi connectivity index (χ4n) is 3.86. The maximum absolute atomic E-state index is 12.3. The van der Waals surface area contributed by atoms with Crippen LogP contribution in [-0.4, -0.2) is 24.3 Å². The fourth-order valence-corrected chi connectivity index (χ4v) is 3.86. The number of hydrogen-bond donors (Lipinski definition) is 0. The van der Waals surface area contributed by atoms with E-state index in [4.69, 9.17) is 4.52 Å². The lowest BCUT2D eigenvalue weighted by atomic mass is 9.76. The Morgan fingerprint density at radius 3 is 2.75 bits per heavy atom. The molecule has 1 aliphatic carbocycles. The highest BCUT2D eigenvalue weighted by Crippen LogP contribution is 2.37. The highest BCUT2D eigenvalue weighted by Gasteiger charge is 2.28. The minimum Gasteiger partial charge on any atom is -0.337 e. The fraction of sp³-hybridized carbons (Fsp3) is 0.529. The van der Waals surface area contributed by atoms with Crippen LogP contribution in [0.15, 0.2) is 33.7 Å². The van der Waals surface area contributed by atoms with Crippen LogP contribution in [0.4, 0.5) is 0 Å². The second kappa shape index (κ2) is 5.89. The maximum atomic E-state index is 12.3. The van der Waals surface area contributed by atoms with E-state index in [-0.39, 0.29) is 12.2 Å². The Kier molecular flexibility index (Phi) is 3.70. The van der Waals surface area contributed by atoms with Gasteiger partial charge in [0.25, 0.3) is 0 Å². The molecule has 0 amide bonds. The van der Waals surface area contributed by atoms with Gasteiger partial charge in [0.05, 0.1) is 0 Å². The summed E-state index contributed by atoms with van der Waals surface area (Å²) in [5, 5.41) is 8.45. The average molecular weight is 327 g/mol. The molecule has 0 saturated heterocycles. The predicted octanol–water partition coefficient (Wildman–Crippen LogP) is 2.47. The molecule has 2 atom stereocenters. The Labute approximate surface area is 139 Å².